The monoisotopic (exact) mass is 430 g/mol. The predicted molar refractivity (Wildman–Crippen MR) is 124 cm³/mol. The highest BCUT2D eigenvalue weighted by atomic mass is 16.5. The first-order valence-electron chi connectivity index (χ1n) is 10.7. The minimum Gasteiger partial charge on any atom is -0.489 e. The molecule has 0 spiro atoms. The van der Waals surface area contributed by atoms with E-state index in [1.165, 1.54) is 17.4 Å². The molecule has 4 rings (SSSR count). The number of anilines is 1. The molecule has 1 saturated heterocycles. The number of urea groups is 1. The molecule has 0 bridgehead atoms. The molecule has 1 unspecified atom stereocenters. The van der Waals surface area contributed by atoms with E-state index in [2.05, 4.69) is 36.4 Å². The minimum absolute atomic E-state index is 0.279. The molecule has 3 aromatic carbocycles. The summed E-state index contributed by atoms with van der Waals surface area (Å²) in [7, 11) is 0. The van der Waals surface area contributed by atoms with E-state index in [4.69, 9.17) is 4.74 Å². The van der Waals surface area contributed by atoms with Gasteiger partial charge in [0.2, 0.25) is 0 Å². The molecule has 1 heterocycles. The highest BCUT2D eigenvalue weighted by molar-refractivity contribution is 5.95. The first-order valence-corrected chi connectivity index (χ1v) is 10.7. The largest absolute Gasteiger partial charge is 0.489 e. The van der Waals surface area contributed by atoms with Crippen molar-refractivity contribution in [2.75, 3.05) is 18.0 Å². The fourth-order valence-electron chi connectivity index (χ4n) is 3.79. The number of nitrogens with zero attached hydrogens (tertiary/aromatic N) is 2. The van der Waals surface area contributed by atoms with E-state index in [1.807, 2.05) is 42.5 Å². The maximum absolute atomic E-state index is 12.8. The zero-order valence-electron chi connectivity index (χ0n) is 18.0. The van der Waals surface area contributed by atoms with E-state index in [0.717, 1.165) is 23.2 Å². The average Bonchev–Trinajstić information content (AvgIpc) is 2.84. The van der Waals surface area contributed by atoms with Crippen LogP contribution in [0.25, 0.3) is 11.1 Å². The van der Waals surface area contributed by atoms with Gasteiger partial charge in [0.25, 0.3) is 0 Å². The lowest BCUT2D eigenvalue weighted by molar-refractivity contribution is -0.141. The number of ether oxygens (including phenoxy) is 1. The van der Waals surface area contributed by atoms with Crippen molar-refractivity contribution in [1.82, 2.24) is 4.90 Å². The summed E-state index contributed by atoms with van der Waals surface area (Å²) < 4.78 is 5.91. The van der Waals surface area contributed by atoms with E-state index in [1.54, 1.807) is 4.90 Å². The quantitative estimate of drug-likeness (QED) is 0.570. The topological polar surface area (TPSA) is 70.1 Å². The number of carboxylic acid groups (broad SMARTS) is 1. The van der Waals surface area contributed by atoms with Gasteiger partial charge >= 0.3 is 12.0 Å². The van der Waals surface area contributed by atoms with Crippen molar-refractivity contribution in [3.05, 3.63) is 84.4 Å². The van der Waals surface area contributed by atoms with Gasteiger partial charge in [0.05, 0.1) is 0 Å². The summed E-state index contributed by atoms with van der Waals surface area (Å²) in [5, 5.41) is 9.24. The van der Waals surface area contributed by atoms with Crippen molar-refractivity contribution in [3.63, 3.8) is 0 Å². The molecule has 2 amide bonds. The van der Waals surface area contributed by atoms with Crippen LogP contribution < -0.4 is 9.64 Å². The van der Waals surface area contributed by atoms with Gasteiger partial charge in [-0.2, -0.15) is 0 Å². The standard InChI is InChI=1S/C26H26N2O4/c1-19(25(29)30)27-16-5-17-28(26(27)31)23-12-14-24(15-13-23)32-18-20-8-10-22(11-9-20)21-6-3-2-4-7-21/h2-4,6-15,19H,5,16-18H2,1H3,(H,29,30). The van der Waals surface area contributed by atoms with E-state index in [9.17, 15) is 14.7 Å². The van der Waals surface area contributed by atoms with Crippen LogP contribution in [0.1, 0.15) is 18.9 Å². The molecular weight excluding hydrogens is 404 g/mol. The van der Waals surface area contributed by atoms with Gasteiger partial charge in [-0.05, 0) is 54.3 Å². The molecule has 1 N–H and O–H groups in total. The summed E-state index contributed by atoms with van der Waals surface area (Å²) in [6.07, 6.45) is 0.723. The fourth-order valence-corrected chi connectivity index (χ4v) is 3.79. The Bertz CT molecular complexity index is 1070. The van der Waals surface area contributed by atoms with E-state index >= 15 is 0 Å². The fraction of sp³-hybridized carbons (Fsp3) is 0.231. The summed E-state index contributed by atoms with van der Waals surface area (Å²) in [6, 6.07) is 24.7. The van der Waals surface area contributed by atoms with Gasteiger partial charge in [-0.15, -0.1) is 0 Å². The number of hydrogen-bond donors (Lipinski definition) is 1. The molecule has 164 valence electrons. The Balaban J connectivity index is 1.37. The third kappa shape index (κ3) is 4.75. The molecule has 3 aromatic rings. The van der Waals surface area contributed by atoms with E-state index in [-0.39, 0.29) is 6.03 Å². The van der Waals surface area contributed by atoms with Crippen molar-refractivity contribution >= 4 is 17.7 Å². The molecule has 1 aliphatic heterocycles. The van der Waals surface area contributed by atoms with Crippen LogP contribution in [-0.2, 0) is 11.4 Å². The number of rotatable bonds is 7. The van der Waals surface area contributed by atoms with Crippen LogP contribution in [0.15, 0.2) is 78.9 Å². The Morgan fingerprint density at radius 2 is 1.59 bits per heavy atom. The molecule has 1 atom stereocenters. The van der Waals surface area contributed by atoms with Gasteiger partial charge in [0.1, 0.15) is 18.4 Å². The van der Waals surface area contributed by atoms with Crippen molar-refractivity contribution < 1.29 is 19.4 Å². The summed E-state index contributed by atoms with van der Waals surface area (Å²) in [5.41, 5.74) is 4.14. The molecule has 0 aromatic heterocycles. The normalized spacial score (nSPS) is 14.8. The molecule has 6 nitrogen and oxygen atoms in total. The van der Waals surface area contributed by atoms with Gasteiger partial charge in [0.15, 0.2) is 0 Å². The maximum atomic E-state index is 12.8. The first kappa shape index (κ1) is 21.4. The second-order valence-electron chi connectivity index (χ2n) is 7.84. The van der Waals surface area contributed by atoms with Crippen LogP contribution in [-0.4, -0.2) is 41.1 Å². The average molecular weight is 431 g/mol. The Morgan fingerprint density at radius 1 is 0.938 bits per heavy atom. The lowest BCUT2D eigenvalue weighted by atomic mass is 10.0. The Labute approximate surface area is 187 Å². The van der Waals surface area contributed by atoms with Crippen LogP contribution >= 0.6 is 0 Å². The van der Waals surface area contributed by atoms with Gasteiger partial charge in [-0.25, -0.2) is 9.59 Å². The van der Waals surface area contributed by atoms with Crippen molar-refractivity contribution in [2.45, 2.75) is 26.0 Å². The van der Waals surface area contributed by atoms with Crippen molar-refractivity contribution in [3.8, 4) is 16.9 Å². The second-order valence-corrected chi connectivity index (χ2v) is 7.84. The van der Waals surface area contributed by atoms with Gasteiger partial charge in [-0.1, -0.05) is 54.6 Å². The molecule has 1 fully saturated rings. The Morgan fingerprint density at radius 3 is 2.25 bits per heavy atom. The third-order valence-electron chi connectivity index (χ3n) is 5.70. The van der Waals surface area contributed by atoms with E-state index < -0.39 is 12.0 Å². The predicted octanol–water partition coefficient (Wildman–Crippen LogP) is 5.04. The third-order valence-corrected chi connectivity index (χ3v) is 5.70. The molecular formula is C26H26N2O4. The SMILES string of the molecule is CC(C(=O)O)N1CCCN(c2ccc(OCc3ccc(-c4ccccc4)cc3)cc2)C1=O. The van der Waals surface area contributed by atoms with Crippen LogP contribution in [0.5, 0.6) is 5.75 Å². The number of carboxylic acids is 1. The number of benzene rings is 3. The van der Waals surface area contributed by atoms with Gasteiger partial charge < -0.3 is 14.7 Å². The van der Waals surface area contributed by atoms with Gasteiger partial charge in [0, 0.05) is 18.8 Å². The number of carbonyl (C=O) groups is 2. The number of amides is 2. The highest BCUT2D eigenvalue weighted by Gasteiger charge is 2.32. The smallest absolute Gasteiger partial charge is 0.326 e. The molecule has 32 heavy (non-hydrogen) atoms. The summed E-state index contributed by atoms with van der Waals surface area (Å²) in [5.74, 6) is -0.290. The molecule has 0 radical (unpaired) electrons. The molecule has 0 saturated carbocycles. The first-order chi connectivity index (χ1) is 15.5. The lowest BCUT2D eigenvalue weighted by Crippen LogP contribution is -2.54. The minimum atomic E-state index is -0.999. The Hall–Kier alpha value is -3.80. The summed E-state index contributed by atoms with van der Waals surface area (Å²) in [6.45, 7) is 3.00. The molecule has 1 aliphatic rings. The summed E-state index contributed by atoms with van der Waals surface area (Å²) >= 11 is 0. The summed E-state index contributed by atoms with van der Waals surface area (Å²) in [4.78, 5) is 27.1. The zero-order chi connectivity index (χ0) is 22.5. The van der Waals surface area contributed by atoms with Crippen LogP contribution in [0.2, 0.25) is 0 Å². The van der Waals surface area contributed by atoms with Crippen molar-refractivity contribution in [2.24, 2.45) is 0 Å². The second kappa shape index (κ2) is 9.56. The number of aliphatic carboxylic acids is 1. The lowest BCUT2D eigenvalue weighted by Gasteiger charge is -2.37. The zero-order valence-corrected chi connectivity index (χ0v) is 18.0. The Kier molecular flexibility index (Phi) is 6.40. The number of carbonyl (C=O) groups excluding carboxylic acids is 1. The van der Waals surface area contributed by atoms with Crippen LogP contribution in [0.4, 0.5) is 10.5 Å². The molecule has 0 aliphatic carbocycles. The van der Waals surface area contributed by atoms with E-state index in [0.29, 0.717) is 25.4 Å². The molecule has 6 heteroatoms. The van der Waals surface area contributed by atoms with Crippen LogP contribution in [0, 0.1) is 0 Å². The van der Waals surface area contributed by atoms with Crippen molar-refractivity contribution in [1.29, 1.82) is 0 Å². The van der Waals surface area contributed by atoms with Gasteiger partial charge in [-0.3, -0.25) is 4.90 Å². The number of hydrogen-bond acceptors (Lipinski definition) is 3. The van der Waals surface area contributed by atoms with Crippen LogP contribution in [0.3, 0.4) is 0 Å². The highest BCUT2D eigenvalue weighted by Crippen LogP contribution is 2.25. The maximum Gasteiger partial charge on any atom is 0.326 e.